The summed E-state index contributed by atoms with van der Waals surface area (Å²) in [7, 11) is 2.20. The van der Waals surface area contributed by atoms with E-state index in [1.165, 1.54) is 49.6 Å². The summed E-state index contributed by atoms with van der Waals surface area (Å²) in [6.45, 7) is 11.6. The molecule has 0 radical (unpaired) electrons. The van der Waals surface area contributed by atoms with Crippen LogP contribution < -0.4 is 0 Å². The van der Waals surface area contributed by atoms with Crippen LogP contribution in [-0.2, 0) is 17.9 Å². The molecule has 27 heavy (non-hydrogen) atoms. The van der Waals surface area contributed by atoms with Crippen molar-refractivity contribution >= 4 is 21.8 Å². The molecule has 0 atom stereocenters. The van der Waals surface area contributed by atoms with Crippen molar-refractivity contribution in [1.29, 1.82) is 0 Å². The van der Waals surface area contributed by atoms with Crippen molar-refractivity contribution in [2.45, 2.75) is 45.4 Å². The summed E-state index contributed by atoms with van der Waals surface area (Å²) in [4.78, 5) is 0. The van der Waals surface area contributed by atoms with E-state index < -0.39 is 0 Å². The number of aryl methyl sites for hydroxylation is 1. The van der Waals surface area contributed by atoms with Gasteiger partial charge in [-0.1, -0.05) is 65.0 Å². The average molecular weight is 354 g/mol. The zero-order chi connectivity index (χ0) is 19.1. The van der Waals surface area contributed by atoms with Gasteiger partial charge in [0.05, 0.1) is 0 Å². The van der Waals surface area contributed by atoms with Gasteiger partial charge in [-0.25, -0.2) is 0 Å². The highest BCUT2D eigenvalue weighted by atomic mass is 14.9. The highest BCUT2D eigenvalue weighted by Gasteiger charge is 2.35. The molecular formula is C26H27N. The topological polar surface area (TPSA) is 4.93 Å². The van der Waals surface area contributed by atoms with E-state index in [1.807, 2.05) is 0 Å². The second-order valence-electron chi connectivity index (χ2n) is 9.63. The van der Waals surface area contributed by atoms with Crippen LogP contribution in [0.25, 0.3) is 32.9 Å². The third-order valence-corrected chi connectivity index (χ3v) is 6.58. The van der Waals surface area contributed by atoms with Crippen molar-refractivity contribution < 1.29 is 0 Å². The molecule has 0 N–H and O–H groups in total. The van der Waals surface area contributed by atoms with Crippen LogP contribution in [0.2, 0.25) is 0 Å². The molecule has 1 heteroatoms. The van der Waals surface area contributed by atoms with Gasteiger partial charge in [-0.05, 0) is 57.5 Å². The first-order valence-electron chi connectivity index (χ1n) is 9.86. The Morgan fingerprint density at radius 1 is 0.741 bits per heavy atom. The van der Waals surface area contributed by atoms with Gasteiger partial charge in [0.25, 0.3) is 0 Å². The van der Waals surface area contributed by atoms with Crippen LogP contribution in [0.15, 0.2) is 54.6 Å². The number of rotatable bonds is 0. The fourth-order valence-electron chi connectivity index (χ4n) is 4.87. The molecule has 0 saturated heterocycles. The molecule has 0 fully saturated rings. The molecule has 1 heterocycles. The highest BCUT2D eigenvalue weighted by Crippen LogP contribution is 2.50. The molecule has 0 aliphatic heterocycles. The molecular weight excluding hydrogens is 326 g/mol. The van der Waals surface area contributed by atoms with E-state index in [0.717, 1.165) is 0 Å². The summed E-state index contributed by atoms with van der Waals surface area (Å²) in [5.74, 6) is 0. The second-order valence-corrected chi connectivity index (χ2v) is 9.63. The minimum atomic E-state index is 0.0488. The van der Waals surface area contributed by atoms with E-state index >= 15 is 0 Å². The van der Waals surface area contributed by atoms with E-state index in [1.54, 1.807) is 0 Å². The quantitative estimate of drug-likeness (QED) is 0.323. The first-order chi connectivity index (χ1) is 12.7. The first-order valence-corrected chi connectivity index (χ1v) is 9.86. The zero-order valence-corrected chi connectivity index (χ0v) is 17.1. The Morgan fingerprint density at radius 2 is 1.44 bits per heavy atom. The van der Waals surface area contributed by atoms with Crippen molar-refractivity contribution in [3.05, 3.63) is 71.3 Å². The minimum absolute atomic E-state index is 0.0488. The van der Waals surface area contributed by atoms with E-state index in [2.05, 4.69) is 101 Å². The van der Waals surface area contributed by atoms with Gasteiger partial charge in [0, 0.05) is 34.3 Å². The Kier molecular flexibility index (Phi) is 3.10. The molecule has 1 aliphatic rings. The van der Waals surface area contributed by atoms with E-state index in [0.29, 0.717) is 0 Å². The number of hydrogen-bond donors (Lipinski definition) is 0. The number of benzene rings is 3. The molecule has 4 aromatic rings. The van der Waals surface area contributed by atoms with Crippen LogP contribution in [0.5, 0.6) is 0 Å². The predicted octanol–water partition coefficient (Wildman–Crippen LogP) is 6.94. The lowest BCUT2D eigenvalue weighted by atomic mass is 9.82. The predicted molar refractivity (Wildman–Crippen MR) is 117 cm³/mol. The van der Waals surface area contributed by atoms with Crippen LogP contribution in [0.3, 0.4) is 0 Å². The molecule has 0 amide bonds. The van der Waals surface area contributed by atoms with Gasteiger partial charge in [0.15, 0.2) is 0 Å². The average Bonchev–Trinajstić information content (AvgIpc) is 3.03. The van der Waals surface area contributed by atoms with Crippen LogP contribution in [-0.4, -0.2) is 4.57 Å². The lowest BCUT2D eigenvalue weighted by Gasteiger charge is -2.21. The Hall–Kier alpha value is -2.54. The fraction of sp³-hybridized carbons (Fsp3) is 0.308. The lowest BCUT2D eigenvalue weighted by molar-refractivity contribution is 0.591. The summed E-state index contributed by atoms with van der Waals surface area (Å²) in [6, 6.07) is 20.7. The maximum atomic E-state index is 2.44. The molecule has 0 saturated carbocycles. The lowest BCUT2D eigenvalue weighted by Crippen LogP contribution is -2.14. The van der Waals surface area contributed by atoms with E-state index in [4.69, 9.17) is 0 Å². The molecule has 0 unspecified atom stereocenters. The molecule has 5 rings (SSSR count). The summed E-state index contributed by atoms with van der Waals surface area (Å²) >= 11 is 0. The monoisotopic (exact) mass is 353 g/mol. The zero-order valence-electron chi connectivity index (χ0n) is 17.1. The normalized spacial score (nSPS) is 15.3. The molecule has 1 aliphatic carbocycles. The van der Waals surface area contributed by atoms with Crippen LogP contribution in [0, 0.1) is 0 Å². The smallest absolute Gasteiger partial charge is 0.0492 e. The number of nitrogens with zero attached hydrogens (tertiary/aromatic N) is 1. The molecule has 1 nitrogen and oxygen atoms in total. The van der Waals surface area contributed by atoms with Crippen molar-refractivity contribution in [1.82, 2.24) is 4.57 Å². The minimum Gasteiger partial charge on any atom is -0.344 e. The van der Waals surface area contributed by atoms with Gasteiger partial charge in [0.2, 0.25) is 0 Å². The third-order valence-electron chi connectivity index (χ3n) is 6.58. The maximum absolute atomic E-state index is 2.44. The Bertz CT molecular complexity index is 1230. The summed E-state index contributed by atoms with van der Waals surface area (Å²) in [5.41, 5.74) is 9.91. The molecule has 0 spiro atoms. The second kappa shape index (κ2) is 5.04. The summed E-state index contributed by atoms with van der Waals surface area (Å²) < 4.78 is 2.36. The SMILES string of the molecule is Cn1c2ccc(C(C)(C)C)cc2c2cc3c(cc21)C(C)(C)c1ccccc1-3. The molecule has 1 aromatic heterocycles. The van der Waals surface area contributed by atoms with Crippen molar-refractivity contribution in [3.63, 3.8) is 0 Å². The third kappa shape index (κ3) is 2.12. The first kappa shape index (κ1) is 16.6. The van der Waals surface area contributed by atoms with Crippen LogP contribution in [0.1, 0.15) is 51.3 Å². The standard InChI is InChI=1S/C26H27N/c1-25(2,3)16-11-12-23-19(13-16)20-14-18-17-9-7-8-10-21(17)26(4,5)22(18)15-24(20)27(23)6/h7-15H,1-6H3. The maximum Gasteiger partial charge on any atom is 0.0492 e. The fourth-order valence-corrected chi connectivity index (χ4v) is 4.87. The summed E-state index contributed by atoms with van der Waals surface area (Å²) in [6.07, 6.45) is 0. The van der Waals surface area contributed by atoms with Gasteiger partial charge in [-0.2, -0.15) is 0 Å². The van der Waals surface area contributed by atoms with Crippen molar-refractivity contribution in [2.24, 2.45) is 7.05 Å². The van der Waals surface area contributed by atoms with Gasteiger partial charge in [-0.15, -0.1) is 0 Å². The van der Waals surface area contributed by atoms with Gasteiger partial charge < -0.3 is 4.57 Å². The van der Waals surface area contributed by atoms with Crippen LogP contribution >= 0.6 is 0 Å². The number of aromatic nitrogens is 1. The largest absolute Gasteiger partial charge is 0.344 e. The van der Waals surface area contributed by atoms with Gasteiger partial charge in [0.1, 0.15) is 0 Å². The van der Waals surface area contributed by atoms with Crippen molar-refractivity contribution in [3.8, 4) is 11.1 Å². The van der Waals surface area contributed by atoms with Crippen LogP contribution in [0.4, 0.5) is 0 Å². The highest BCUT2D eigenvalue weighted by molar-refractivity contribution is 6.10. The van der Waals surface area contributed by atoms with E-state index in [-0.39, 0.29) is 10.8 Å². The Balaban J connectivity index is 1.90. The Morgan fingerprint density at radius 3 is 2.19 bits per heavy atom. The van der Waals surface area contributed by atoms with Crippen molar-refractivity contribution in [2.75, 3.05) is 0 Å². The molecule has 0 bridgehead atoms. The van der Waals surface area contributed by atoms with Gasteiger partial charge in [-0.3, -0.25) is 0 Å². The number of fused-ring (bicyclic) bond motifs is 6. The summed E-state index contributed by atoms with van der Waals surface area (Å²) in [5, 5.41) is 2.73. The molecule has 136 valence electrons. The number of hydrogen-bond acceptors (Lipinski definition) is 0. The van der Waals surface area contributed by atoms with Gasteiger partial charge >= 0.3 is 0 Å². The molecule has 3 aromatic carbocycles. The Labute approximate surface area is 161 Å². The van der Waals surface area contributed by atoms with E-state index in [9.17, 15) is 0 Å².